The highest BCUT2D eigenvalue weighted by Crippen LogP contribution is 2.26. The Morgan fingerprint density at radius 3 is 1.91 bits per heavy atom. The average Bonchev–Trinajstić information content (AvgIpc) is 2.84. The number of piperazine rings is 1. The lowest BCUT2D eigenvalue weighted by Crippen LogP contribution is -2.50. The van der Waals surface area contributed by atoms with Crippen LogP contribution in [0, 0.1) is 5.92 Å². The molecule has 9 heteroatoms. The van der Waals surface area contributed by atoms with Crippen LogP contribution in [0.3, 0.4) is 0 Å². The number of piperidine rings is 1. The molecule has 1 N–H and O–H groups in total. The number of aromatic nitrogens is 2. The van der Waals surface area contributed by atoms with Crippen molar-refractivity contribution in [3.63, 3.8) is 0 Å². The molecule has 2 amide bonds. The number of hydrogen-bond acceptors (Lipinski definition) is 7. The number of ether oxygens (including phenoxy) is 2. The largest absolute Gasteiger partial charge is 0.497 e. The third-order valence-electron chi connectivity index (χ3n) is 6.24. The molecule has 0 bridgehead atoms. The summed E-state index contributed by atoms with van der Waals surface area (Å²) in [6.07, 6.45) is 2.41. The van der Waals surface area contributed by atoms with Gasteiger partial charge in [0, 0.05) is 63.2 Å². The predicted octanol–water partition coefficient (Wildman–Crippen LogP) is 3.08. The fourth-order valence-corrected chi connectivity index (χ4v) is 4.11. The summed E-state index contributed by atoms with van der Waals surface area (Å²) in [6, 6.07) is 9.28. The van der Waals surface area contributed by atoms with Crippen LogP contribution in [0.2, 0.25) is 0 Å². The fraction of sp³-hybridized carbons (Fsp3) is 0.522. The molecule has 0 aliphatic carbocycles. The Balaban J connectivity index is 1.30. The van der Waals surface area contributed by atoms with Gasteiger partial charge in [0.05, 0.1) is 14.2 Å². The zero-order valence-corrected chi connectivity index (χ0v) is 19.1. The van der Waals surface area contributed by atoms with Crippen molar-refractivity contribution in [1.82, 2.24) is 15.1 Å². The highest BCUT2D eigenvalue weighted by atomic mass is 16.5. The predicted molar refractivity (Wildman–Crippen MR) is 125 cm³/mol. The molecule has 1 aromatic heterocycles. The lowest BCUT2D eigenvalue weighted by molar-refractivity contribution is 0.208. The number of anilines is 3. The summed E-state index contributed by atoms with van der Waals surface area (Å²) in [7, 11) is 3.17. The summed E-state index contributed by atoms with van der Waals surface area (Å²) in [5.41, 5.74) is 0.641. The Bertz CT molecular complexity index is 884. The van der Waals surface area contributed by atoms with Gasteiger partial charge in [-0.25, -0.2) is 4.79 Å². The minimum Gasteiger partial charge on any atom is -0.497 e. The molecule has 0 unspecified atom stereocenters. The molecule has 0 spiro atoms. The van der Waals surface area contributed by atoms with Gasteiger partial charge in [0.2, 0.25) is 0 Å². The van der Waals surface area contributed by atoms with Crippen molar-refractivity contribution in [2.75, 3.05) is 68.6 Å². The van der Waals surface area contributed by atoms with Crippen molar-refractivity contribution >= 4 is 23.4 Å². The number of nitrogens with zero attached hydrogens (tertiary/aromatic N) is 5. The monoisotopic (exact) mass is 440 g/mol. The van der Waals surface area contributed by atoms with E-state index in [1.165, 1.54) is 12.8 Å². The fourth-order valence-electron chi connectivity index (χ4n) is 4.11. The Labute approximate surface area is 189 Å². The SMILES string of the molecule is COc1cc(NC(=O)N2CCN(c3ccc(N4CCC(C)CC4)nn3)CC2)cc(OC)c1. The van der Waals surface area contributed by atoms with Crippen molar-refractivity contribution < 1.29 is 14.3 Å². The van der Waals surface area contributed by atoms with Crippen molar-refractivity contribution in [3.05, 3.63) is 30.3 Å². The Morgan fingerprint density at radius 2 is 1.41 bits per heavy atom. The molecule has 2 saturated heterocycles. The molecule has 2 aliphatic heterocycles. The van der Waals surface area contributed by atoms with E-state index in [1.807, 2.05) is 6.07 Å². The molecule has 3 heterocycles. The Hall–Kier alpha value is -3.23. The first-order valence-electron chi connectivity index (χ1n) is 11.2. The molecule has 4 rings (SSSR count). The van der Waals surface area contributed by atoms with Crippen molar-refractivity contribution in [2.24, 2.45) is 5.92 Å². The third-order valence-corrected chi connectivity index (χ3v) is 6.24. The van der Waals surface area contributed by atoms with Gasteiger partial charge >= 0.3 is 6.03 Å². The smallest absolute Gasteiger partial charge is 0.321 e. The number of rotatable bonds is 5. The van der Waals surface area contributed by atoms with Gasteiger partial charge in [0.25, 0.3) is 0 Å². The van der Waals surface area contributed by atoms with Gasteiger partial charge in [-0.3, -0.25) is 0 Å². The van der Waals surface area contributed by atoms with Gasteiger partial charge in [-0.2, -0.15) is 0 Å². The van der Waals surface area contributed by atoms with Crippen LogP contribution < -0.4 is 24.6 Å². The summed E-state index contributed by atoms with van der Waals surface area (Å²) < 4.78 is 10.5. The minimum absolute atomic E-state index is 0.138. The summed E-state index contributed by atoms with van der Waals surface area (Å²) >= 11 is 0. The molecular formula is C23H32N6O3. The maximum absolute atomic E-state index is 12.7. The van der Waals surface area contributed by atoms with E-state index in [0.29, 0.717) is 43.4 Å². The van der Waals surface area contributed by atoms with E-state index in [0.717, 1.165) is 30.6 Å². The third kappa shape index (κ3) is 5.15. The molecule has 2 fully saturated rings. The van der Waals surface area contributed by atoms with Crippen molar-refractivity contribution in [2.45, 2.75) is 19.8 Å². The van der Waals surface area contributed by atoms with Gasteiger partial charge in [-0.15, -0.1) is 10.2 Å². The van der Waals surface area contributed by atoms with Crippen LogP contribution in [0.4, 0.5) is 22.1 Å². The lowest BCUT2D eigenvalue weighted by Gasteiger charge is -2.35. The van der Waals surface area contributed by atoms with E-state index in [-0.39, 0.29) is 6.03 Å². The number of carbonyl (C=O) groups excluding carboxylic acids is 1. The molecule has 0 atom stereocenters. The van der Waals surface area contributed by atoms with Gasteiger partial charge in [-0.05, 0) is 30.9 Å². The Kier molecular flexibility index (Phi) is 6.82. The summed E-state index contributed by atoms with van der Waals surface area (Å²) in [5, 5.41) is 11.9. The maximum Gasteiger partial charge on any atom is 0.321 e. The standard InChI is InChI=1S/C23H32N6O3/c1-17-6-8-27(9-7-17)21-4-5-22(26-25-21)28-10-12-29(13-11-28)23(30)24-18-14-19(31-2)16-20(15-18)32-3/h4-5,14-17H,6-13H2,1-3H3,(H,24,30). The van der Waals surface area contributed by atoms with E-state index < -0.39 is 0 Å². The molecule has 1 aromatic carbocycles. The van der Waals surface area contributed by atoms with Crippen molar-refractivity contribution in [3.8, 4) is 11.5 Å². The summed E-state index contributed by atoms with van der Waals surface area (Å²) in [4.78, 5) is 19.0. The molecule has 172 valence electrons. The van der Waals surface area contributed by atoms with Crippen LogP contribution >= 0.6 is 0 Å². The first-order chi connectivity index (χ1) is 15.6. The molecule has 2 aromatic rings. The lowest BCUT2D eigenvalue weighted by atomic mass is 9.99. The minimum atomic E-state index is -0.138. The number of hydrogen-bond donors (Lipinski definition) is 1. The molecule has 0 saturated carbocycles. The highest BCUT2D eigenvalue weighted by molar-refractivity contribution is 5.90. The van der Waals surface area contributed by atoms with E-state index in [9.17, 15) is 4.79 Å². The van der Waals surface area contributed by atoms with E-state index >= 15 is 0 Å². The summed E-state index contributed by atoms with van der Waals surface area (Å²) in [6.45, 7) is 7.04. The number of nitrogens with one attached hydrogen (secondary N) is 1. The van der Waals surface area contributed by atoms with Crippen LogP contribution in [0.1, 0.15) is 19.8 Å². The highest BCUT2D eigenvalue weighted by Gasteiger charge is 2.23. The first kappa shape index (κ1) is 22.0. The van der Waals surface area contributed by atoms with Crippen LogP contribution in [-0.2, 0) is 0 Å². The number of amides is 2. The second kappa shape index (κ2) is 9.93. The van der Waals surface area contributed by atoms with E-state index in [4.69, 9.17) is 9.47 Å². The Morgan fingerprint density at radius 1 is 0.875 bits per heavy atom. The number of carbonyl (C=O) groups is 1. The molecule has 9 nitrogen and oxygen atoms in total. The average molecular weight is 441 g/mol. The maximum atomic E-state index is 12.7. The van der Waals surface area contributed by atoms with Crippen LogP contribution in [0.25, 0.3) is 0 Å². The molecule has 0 radical (unpaired) electrons. The van der Waals surface area contributed by atoms with Crippen LogP contribution in [0.15, 0.2) is 30.3 Å². The topological polar surface area (TPSA) is 83.1 Å². The molecule has 2 aliphatic rings. The number of benzene rings is 1. The second-order valence-corrected chi connectivity index (χ2v) is 8.42. The van der Waals surface area contributed by atoms with Crippen LogP contribution in [-0.4, -0.2) is 74.6 Å². The van der Waals surface area contributed by atoms with Crippen LogP contribution in [0.5, 0.6) is 11.5 Å². The number of urea groups is 1. The zero-order valence-electron chi connectivity index (χ0n) is 19.1. The second-order valence-electron chi connectivity index (χ2n) is 8.42. The molecule has 32 heavy (non-hydrogen) atoms. The van der Waals surface area contributed by atoms with E-state index in [1.54, 1.807) is 37.3 Å². The van der Waals surface area contributed by atoms with Gasteiger partial charge in [0.15, 0.2) is 11.6 Å². The number of methoxy groups -OCH3 is 2. The normalized spacial score (nSPS) is 17.3. The van der Waals surface area contributed by atoms with Gasteiger partial charge < -0.3 is 29.5 Å². The first-order valence-corrected chi connectivity index (χ1v) is 11.2. The van der Waals surface area contributed by atoms with E-state index in [2.05, 4.69) is 38.3 Å². The molecular weight excluding hydrogens is 408 g/mol. The zero-order chi connectivity index (χ0) is 22.5. The van der Waals surface area contributed by atoms with Crippen molar-refractivity contribution in [1.29, 1.82) is 0 Å². The summed E-state index contributed by atoms with van der Waals surface area (Å²) in [5.74, 6) is 3.86. The quantitative estimate of drug-likeness (QED) is 0.765. The van der Waals surface area contributed by atoms with Gasteiger partial charge in [0.1, 0.15) is 11.5 Å². The van der Waals surface area contributed by atoms with Gasteiger partial charge in [-0.1, -0.05) is 6.92 Å².